The summed E-state index contributed by atoms with van der Waals surface area (Å²) in [7, 11) is 1.75. The van der Waals surface area contributed by atoms with E-state index >= 15 is 0 Å². The van der Waals surface area contributed by atoms with E-state index in [0.29, 0.717) is 18.6 Å². The zero-order valence-electron chi connectivity index (χ0n) is 15.1. The molecule has 2 aliphatic rings. The van der Waals surface area contributed by atoms with Gasteiger partial charge in [-0.1, -0.05) is 6.92 Å². The summed E-state index contributed by atoms with van der Waals surface area (Å²) in [6.45, 7) is 13.0. The van der Waals surface area contributed by atoms with Crippen LogP contribution in [-0.4, -0.2) is 98.8 Å². The van der Waals surface area contributed by atoms with Gasteiger partial charge in [-0.25, -0.2) is 0 Å². The molecule has 1 atom stereocenters. The number of carbonyl (C=O) groups is 1. The van der Waals surface area contributed by atoms with Crippen molar-refractivity contribution in [2.45, 2.75) is 38.8 Å². The van der Waals surface area contributed by atoms with Gasteiger partial charge in [-0.05, 0) is 26.3 Å². The Balaban J connectivity index is 1.66. The van der Waals surface area contributed by atoms with E-state index in [9.17, 15) is 4.79 Å². The number of likely N-dealkylation sites (tertiary alicyclic amines) is 1. The van der Waals surface area contributed by atoms with Crippen molar-refractivity contribution < 1.29 is 9.53 Å². The van der Waals surface area contributed by atoms with Gasteiger partial charge in [0.05, 0.1) is 13.2 Å². The van der Waals surface area contributed by atoms with Gasteiger partial charge in [-0.2, -0.15) is 0 Å². The van der Waals surface area contributed by atoms with Crippen LogP contribution in [0.4, 0.5) is 0 Å². The second kappa shape index (κ2) is 9.57. The van der Waals surface area contributed by atoms with Crippen molar-refractivity contribution in [3.63, 3.8) is 0 Å². The number of nitrogens with zero attached hydrogens (tertiary/aromatic N) is 3. The molecular weight excluding hydrogens is 292 g/mol. The van der Waals surface area contributed by atoms with E-state index in [0.717, 1.165) is 65.3 Å². The third-order valence-electron chi connectivity index (χ3n) is 5.20. The van der Waals surface area contributed by atoms with Crippen molar-refractivity contribution in [1.82, 2.24) is 20.0 Å². The first-order chi connectivity index (χ1) is 11.1. The Morgan fingerprint density at radius 3 is 2.52 bits per heavy atom. The lowest BCUT2D eigenvalue weighted by atomic mass is 10.1. The summed E-state index contributed by atoms with van der Waals surface area (Å²) < 4.78 is 5.16. The monoisotopic (exact) mass is 326 g/mol. The number of carbonyl (C=O) groups excluding carboxylic acids is 1. The lowest BCUT2D eigenvalue weighted by Gasteiger charge is -2.39. The molecule has 2 rings (SSSR count). The predicted octanol–water partition coefficient (Wildman–Crippen LogP) is 0.239. The number of hydrogen-bond acceptors (Lipinski definition) is 5. The number of ether oxygens (including phenoxy) is 1. The molecule has 0 spiro atoms. The fourth-order valence-corrected chi connectivity index (χ4v) is 3.62. The Labute approximate surface area is 141 Å². The average Bonchev–Trinajstić information content (AvgIpc) is 2.55. The SMILES string of the molecule is CCN1CCC(NC(=O)CN2CCN(CCOC)[C@@H](C)C2)CC1. The van der Waals surface area contributed by atoms with Crippen LogP contribution in [0.25, 0.3) is 0 Å². The van der Waals surface area contributed by atoms with Crippen LogP contribution in [0, 0.1) is 0 Å². The number of methoxy groups -OCH3 is 1. The maximum absolute atomic E-state index is 12.3. The van der Waals surface area contributed by atoms with Crippen LogP contribution in [-0.2, 0) is 9.53 Å². The predicted molar refractivity (Wildman–Crippen MR) is 92.6 cm³/mol. The molecule has 0 bridgehead atoms. The molecule has 1 amide bonds. The molecule has 0 unspecified atom stereocenters. The second-order valence-electron chi connectivity index (χ2n) is 6.89. The van der Waals surface area contributed by atoms with Gasteiger partial charge in [0.1, 0.15) is 0 Å². The molecule has 2 saturated heterocycles. The normalized spacial score (nSPS) is 25.6. The Kier molecular flexibility index (Phi) is 7.76. The Bertz CT molecular complexity index is 359. The minimum atomic E-state index is 0.192. The van der Waals surface area contributed by atoms with Gasteiger partial charge in [-0.3, -0.25) is 14.6 Å². The molecular formula is C17H34N4O2. The van der Waals surface area contributed by atoms with Crippen molar-refractivity contribution in [2.75, 3.05) is 66.1 Å². The summed E-state index contributed by atoms with van der Waals surface area (Å²) >= 11 is 0. The number of amides is 1. The minimum Gasteiger partial charge on any atom is -0.383 e. The van der Waals surface area contributed by atoms with Crippen molar-refractivity contribution in [1.29, 1.82) is 0 Å². The molecule has 6 heteroatoms. The van der Waals surface area contributed by atoms with Crippen LogP contribution in [0.2, 0.25) is 0 Å². The first-order valence-corrected chi connectivity index (χ1v) is 9.09. The van der Waals surface area contributed by atoms with Gasteiger partial charge in [0.2, 0.25) is 5.91 Å². The summed E-state index contributed by atoms with van der Waals surface area (Å²) in [5.41, 5.74) is 0. The summed E-state index contributed by atoms with van der Waals surface area (Å²) in [6.07, 6.45) is 2.17. The van der Waals surface area contributed by atoms with Crippen LogP contribution < -0.4 is 5.32 Å². The third-order valence-corrected chi connectivity index (χ3v) is 5.20. The summed E-state index contributed by atoms with van der Waals surface area (Å²) in [4.78, 5) is 19.5. The van der Waals surface area contributed by atoms with Gasteiger partial charge >= 0.3 is 0 Å². The molecule has 0 radical (unpaired) electrons. The molecule has 2 fully saturated rings. The number of hydrogen-bond donors (Lipinski definition) is 1. The highest BCUT2D eigenvalue weighted by Gasteiger charge is 2.25. The first-order valence-electron chi connectivity index (χ1n) is 9.09. The highest BCUT2D eigenvalue weighted by Crippen LogP contribution is 2.11. The van der Waals surface area contributed by atoms with Crippen molar-refractivity contribution in [2.24, 2.45) is 0 Å². The number of piperazine rings is 1. The van der Waals surface area contributed by atoms with Crippen molar-refractivity contribution >= 4 is 5.91 Å². The molecule has 0 aromatic carbocycles. The standard InChI is InChI=1S/C17H34N4O2/c1-4-19-7-5-16(6-8-19)18-17(22)14-20-9-10-21(11-12-23-3)15(2)13-20/h15-16H,4-14H2,1-3H3,(H,18,22)/t15-/m0/s1. The summed E-state index contributed by atoms with van der Waals surface area (Å²) in [6, 6.07) is 0.852. The molecule has 2 heterocycles. The highest BCUT2D eigenvalue weighted by molar-refractivity contribution is 5.78. The Morgan fingerprint density at radius 1 is 1.17 bits per heavy atom. The van der Waals surface area contributed by atoms with Crippen LogP contribution in [0.5, 0.6) is 0 Å². The minimum absolute atomic E-state index is 0.192. The Morgan fingerprint density at radius 2 is 1.91 bits per heavy atom. The van der Waals surface area contributed by atoms with Crippen molar-refractivity contribution in [3.8, 4) is 0 Å². The molecule has 0 saturated carbocycles. The smallest absolute Gasteiger partial charge is 0.234 e. The van der Waals surface area contributed by atoms with Gasteiger partial charge < -0.3 is 15.0 Å². The Hall–Kier alpha value is -0.690. The summed E-state index contributed by atoms with van der Waals surface area (Å²) in [5.74, 6) is 0.192. The summed E-state index contributed by atoms with van der Waals surface area (Å²) in [5, 5.41) is 3.23. The lowest BCUT2D eigenvalue weighted by molar-refractivity contribution is -0.124. The molecule has 0 aliphatic carbocycles. The van der Waals surface area contributed by atoms with Crippen LogP contribution in [0.15, 0.2) is 0 Å². The van der Waals surface area contributed by atoms with E-state index < -0.39 is 0 Å². The zero-order chi connectivity index (χ0) is 16.7. The molecule has 0 aromatic rings. The number of rotatable bonds is 7. The number of piperidine rings is 1. The quantitative estimate of drug-likeness (QED) is 0.726. The van der Waals surface area contributed by atoms with E-state index in [1.807, 2.05) is 0 Å². The van der Waals surface area contributed by atoms with Crippen LogP contribution in [0.1, 0.15) is 26.7 Å². The van der Waals surface area contributed by atoms with Crippen molar-refractivity contribution in [3.05, 3.63) is 0 Å². The average molecular weight is 326 g/mol. The number of nitrogens with one attached hydrogen (secondary N) is 1. The molecule has 23 heavy (non-hydrogen) atoms. The highest BCUT2D eigenvalue weighted by atomic mass is 16.5. The molecule has 1 N–H and O–H groups in total. The topological polar surface area (TPSA) is 48.1 Å². The van der Waals surface area contributed by atoms with Crippen LogP contribution >= 0.6 is 0 Å². The van der Waals surface area contributed by atoms with E-state index in [4.69, 9.17) is 4.74 Å². The molecule has 0 aromatic heterocycles. The lowest BCUT2D eigenvalue weighted by Crippen LogP contribution is -2.55. The largest absolute Gasteiger partial charge is 0.383 e. The van der Waals surface area contributed by atoms with Gasteiger partial charge in [0.25, 0.3) is 0 Å². The fraction of sp³-hybridized carbons (Fsp3) is 0.941. The second-order valence-corrected chi connectivity index (χ2v) is 6.89. The third kappa shape index (κ3) is 6.03. The van der Waals surface area contributed by atoms with E-state index in [1.165, 1.54) is 0 Å². The maximum Gasteiger partial charge on any atom is 0.234 e. The van der Waals surface area contributed by atoms with E-state index in [2.05, 4.69) is 33.9 Å². The van der Waals surface area contributed by atoms with Gasteiger partial charge in [-0.15, -0.1) is 0 Å². The van der Waals surface area contributed by atoms with Crippen LogP contribution in [0.3, 0.4) is 0 Å². The maximum atomic E-state index is 12.3. The van der Waals surface area contributed by atoms with E-state index in [1.54, 1.807) is 7.11 Å². The molecule has 6 nitrogen and oxygen atoms in total. The van der Waals surface area contributed by atoms with Gasteiger partial charge in [0.15, 0.2) is 0 Å². The van der Waals surface area contributed by atoms with E-state index in [-0.39, 0.29) is 5.91 Å². The van der Waals surface area contributed by atoms with Gasteiger partial charge in [0, 0.05) is 58.5 Å². The zero-order valence-corrected chi connectivity index (χ0v) is 15.1. The molecule has 134 valence electrons. The fourth-order valence-electron chi connectivity index (χ4n) is 3.62. The molecule has 2 aliphatic heterocycles. The first kappa shape index (κ1) is 18.6.